The fourth-order valence-corrected chi connectivity index (χ4v) is 1.25. The van der Waals surface area contributed by atoms with Crippen molar-refractivity contribution in [3.63, 3.8) is 0 Å². The summed E-state index contributed by atoms with van der Waals surface area (Å²) in [5.41, 5.74) is 5.52. The van der Waals surface area contributed by atoms with E-state index in [1.165, 1.54) is 0 Å². The molecule has 1 aromatic rings. The van der Waals surface area contributed by atoms with Gasteiger partial charge in [-0.3, -0.25) is 0 Å². The third-order valence-electron chi connectivity index (χ3n) is 1.99. The lowest BCUT2D eigenvalue weighted by atomic mass is 10.2. The Labute approximate surface area is 81.3 Å². The molecule has 4 N–H and O–H groups in total. The molecule has 0 fully saturated rings. The second-order valence-electron chi connectivity index (χ2n) is 2.92. The maximum atomic E-state index is 5.52. The molecule has 0 saturated carbocycles. The topological polar surface area (TPSA) is 82.9 Å². The van der Waals surface area contributed by atoms with Gasteiger partial charge in [-0.25, -0.2) is 0 Å². The predicted octanol–water partition coefficient (Wildman–Crippen LogP) is 0.0573. The molecular weight excluding hydrogens is 182 g/mol. The van der Waals surface area contributed by atoms with Crippen molar-refractivity contribution >= 4 is 5.84 Å². The van der Waals surface area contributed by atoms with Crippen LogP contribution in [-0.2, 0) is 0 Å². The summed E-state index contributed by atoms with van der Waals surface area (Å²) in [7, 11) is 0. The van der Waals surface area contributed by atoms with Crippen molar-refractivity contribution in [1.82, 2.24) is 0 Å². The zero-order chi connectivity index (χ0) is 9.97. The molecule has 0 saturated heterocycles. The number of hydrazone groups is 1. The minimum atomic E-state index is -0.394. The summed E-state index contributed by atoms with van der Waals surface area (Å²) in [5.74, 6) is 6.66. The summed E-state index contributed by atoms with van der Waals surface area (Å²) in [6.45, 7) is 0.337. The Hall–Kier alpha value is -1.91. The average Bonchev–Trinajstić information content (AvgIpc) is 2.27. The molecule has 1 aliphatic rings. The second kappa shape index (κ2) is 3.45. The van der Waals surface area contributed by atoms with Crippen molar-refractivity contribution in [1.29, 1.82) is 0 Å². The molecule has 0 bridgehead atoms. The van der Waals surface area contributed by atoms with Gasteiger partial charge >= 0.3 is 0 Å². The molecule has 74 valence electrons. The molecule has 1 unspecified atom stereocenters. The Kier molecular flexibility index (Phi) is 2.14. The van der Waals surface area contributed by atoms with E-state index in [2.05, 4.69) is 5.10 Å². The standard InChI is InChI=1S/C9H11N3O2/c10-9(12-11)8-5-13-6-3-1-2-4-7(6)14-8/h1-4,8H,5,11H2,(H2,10,12). The Morgan fingerprint density at radius 2 is 2.07 bits per heavy atom. The molecule has 1 heterocycles. The summed E-state index contributed by atoms with van der Waals surface area (Å²) < 4.78 is 10.9. The number of hydrogen-bond acceptors (Lipinski definition) is 4. The number of amidine groups is 1. The fraction of sp³-hybridized carbons (Fsp3) is 0.222. The molecule has 1 aliphatic heterocycles. The van der Waals surface area contributed by atoms with Gasteiger partial charge in [0.05, 0.1) is 0 Å². The first-order valence-electron chi connectivity index (χ1n) is 4.23. The van der Waals surface area contributed by atoms with Gasteiger partial charge in [-0.2, -0.15) is 5.10 Å². The second-order valence-corrected chi connectivity index (χ2v) is 2.92. The average molecular weight is 193 g/mol. The Morgan fingerprint density at radius 1 is 1.36 bits per heavy atom. The van der Waals surface area contributed by atoms with Crippen LogP contribution in [0.5, 0.6) is 11.5 Å². The van der Waals surface area contributed by atoms with Crippen LogP contribution in [0.25, 0.3) is 0 Å². The van der Waals surface area contributed by atoms with Gasteiger partial charge in [-0.1, -0.05) is 12.1 Å². The van der Waals surface area contributed by atoms with Crippen molar-refractivity contribution in [3.05, 3.63) is 24.3 Å². The predicted molar refractivity (Wildman–Crippen MR) is 52.2 cm³/mol. The van der Waals surface area contributed by atoms with Crippen molar-refractivity contribution < 1.29 is 9.47 Å². The van der Waals surface area contributed by atoms with E-state index >= 15 is 0 Å². The van der Waals surface area contributed by atoms with Crippen molar-refractivity contribution in [3.8, 4) is 11.5 Å². The monoisotopic (exact) mass is 193 g/mol. The van der Waals surface area contributed by atoms with Crippen LogP contribution < -0.4 is 21.1 Å². The van der Waals surface area contributed by atoms with E-state index in [1.807, 2.05) is 24.3 Å². The van der Waals surface area contributed by atoms with Crippen LogP contribution in [0.2, 0.25) is 0 Å². The Morgan fingerprint density at radius 3 is 2.79 bits per heavy atom. The van der Waals surface area contributed by atoms with Gasteiger partial charge in [0.1, 0.15) is 6.61 Å². The number of nitrogens with zero attached hydrogens (tertiary/aromatic N) is 1. The van der Waals surface area contributed by atoms with Crippen LogP contribution in [0.1, 0.15) is 0 Å². The number of hydrogen-bond donors (Lipinski definition) is 2. The third-order valence-corrected chi connectivity index (χ3v) is 1.99. The molecule has 0 spiro atoms. The first kappa shape index (κ1) is 8.68. The highest BCUT2D eigenvalue weighted by Crippen LogP contribution is 2.30. The van der Waals surface area contributed by atoms with E-state index in [-0.39, 0.29) is 5.84 Å². The van der Waals surface area contributed by atoms with Gasteiger partial charge in [0.15, 0.2) is 23.4 Å². The summed E-state index contributed by atoms with van der Waals surface area (Å²) in [5, 5.41) is 3.37. The smallest absolute Gasteiger partial charge is 0.191 e. The van der Waals surface area contributed by atoms with Crippen LogP contribution in [0.15, 0.2) is 29.4 Å². The van der Waals surface area contributed by atoms with Crippen LogP contribution in [0.4, 0.5) is 0 Å². The summed E-state index contributed by atoms with van der Waals surface area (Å²) in [6.07, 6.45) is -0.394. The van der Waals surface area contributed by atoms with E-state index in [1.54, 1.807) is 0 Å². The molecule has 0 radical (unpaired) electrons. The first-order valence-corrected chi connectivity index (χ1v) is 4.23. The number of para-hydroxylation sites is 2. The van der Waals surface area contributed by atoms with Crippen LogP contribution in [0.3, 0.4) is 0 Å². The van der Waals surface area contributed by atoms with Crippen molar-refractivity contribution in [2.45, 2.75) is 6.10 Å². The molecule has 5 heteroatoms. The van der Waals surface area contributed by atoms with E-state index in [4.69, 9.17) is 21.1 Å². The molecule has 2 rings (SSSR count). The molecule has 1 aromatic carbocycles. The Balaban J connectivity index is 2.21. The molecule has 1 atom stereocenters. The zero-order valence-corrected chi connectivity index (χ0v) is 7.51. The SMILES string of the molecule is N/N=C(/N)C1COc2ccccc2O1. The van der Waals surface area contributed by atoms with Gasteiger partial charge in [0.25, 0.3) is 0 Å². The molecule has 0 aromatic heterocycles. The highest BCUT2D eigenvalue weighted by Gasteiger charge is 2.23. The van der Waals surface area contributed by atoms with E-state index in [9.17, 15) is 0 Å². The van der Waals surface area contributed by atoms with Gasteiger partial charge < -0.3 is 21.1 Å². The molecule has 14 heavy (non-hydrogen) atoms. The van der Waals surface area contributed by atoms with E-state index in [0.29, 0.717) is 18.1 Å². The quantitative estimate of drug-likeness (QED) is 0.286. The maximum absolute atomic E-state index is 5.52. The lowest BCUT2D eigenvalue weighted by Gasteiger charge is -2.25. The number of benzene rings is 1. The minimum Gasteiger partial charge on any atom is -0.485 e. The number of fused-ring (bicyclic) bond motifs is 1. The van der Waals surface area contributed by atoms with Crippen LogP contribution in [-0.4, -0.2) is 18.5 Å². The minimum absolute atomic E-state index is 0.236. The van der Waals surface area contributed by atoms with Gasteiger partial charge in [-0.15, -0.1) is 0 Å². The third kappa shape index (κ3) is 1.44. The summed E-state index contributed by atoms with van der Waals surface area (Å²) in [6, 6.07) is 7.38. The normalized spacial score (nSPS) is 20.6. The number of ether oxygens (including phenoxy) is 2. The number of rotatable bonds is 1. The highest BCUT2D eigenvalue weighted by atomic mass is 16.6. The molecule has 5 nitrogen and oxygen atoms in total. The van der Waals surface area contributed by atoms with Crippen LogP contribution >= 0.6 is 0 Å². The van der Waals surface area contributed by atoms with E-state index < -0.39 is 6.10 Å². The highest BCUT2D eigenvalue weighted by molar-refractivity contribution is 5.85. The van der Waals surface area contributed by atoms with Gasteiger partial charge in [0.2, 0.25) is 0 Å². The molecule has 0 aliphatic carbocycles. The summed E-state index contributed by atoms with van der Waals surface area (Å²) >= 11 is 0. The lowest BCUT2D eigenvalue weighted by Crippen LogP contribution is -2.41. The van der Waals surface area contributed by atoms with Gasteiger partial charge in [-0.05, 0) is 12.1 Å². The molecular formula is C9H11N3O2. The summed E-state index contributed by atoms with van der Waals surface area (Å²) in [4.78, 5) is 0. The Bertz CT molecular complexity index is 365. The zero-order valence-electron chi connectivity index (χ0n) is 7.51. The van der Waals surface area contributed by atoms with Crippen molar-refractivity contribution in [2.75, 3.05) is 6.61 Å². The maximum Gasteiger partial charge on any atom is 0.191 e. The lowest BCUT2D eigenvalue weighted by molar-refractivity contribution is 0.134. The van der Waals surface area contributed by atoms with Gasteiger partial charge in [0, 0.05) is 0 Å². The van der Waals surface area contributed by atoms with Crippen molar-refractivity contribution in [2.24, 2.45) is 16.7 Å². The first-order chi connectivity index (χ1) is 6.81. The largest absolute Gasteiger partial charge is 0.485 e. The van der Waals surface area contributed by atoms with E-state index in [0.717, 1.165) is 0 Å². The van der Waals surface area contributed by atoms with Crippen LogP contribution in [0, 0.1) is 0 Å². The number of nitrogens with two attached hydrogens (primary N) is 2. The molecule has 0 amide bonds. The fourth-order valence-electron chi connectivity index (χ4n) is 1.25.